The summed E-state index contributed by atoms with van der Waals surface area (Å²) in [5.74, 6) is 0. The average molecular weight is 196 g/mol. The molecule has 0 rings (SSSR count). The van der Waals surface area contributed by atoms with Gasteiger partial charge in [0.05, 0.1) is 0 Å². The Morgan fingerprint density at radius 1 is 1.15 bits per heavy atom. The average Bonchev–Trinajstić information content (AvgIpc) is 2.05. The highest BCUT2D eigenvalue weighted by molar-refractivity contribution is 6.15. The van der Waals surface area contributed by atoms with Gasteiger partial charge in [0, 0.05) is 10.2 Å². The van der Waals surface area contributed by atoms with Crippen LogP contribution in [0.1, 0.15) is 45.4 Å². The molecule has 0 spiro atoms. The van der Waals surface area contributed by atoms with Gasteiger partial charge in [-0.2, -0.15) is 0 Å². The first-order valence-electron chi connectivity index (χ1n) is 5.40. The highest BCUT2D eigenvalue weighted by Crippen LogP contribution is 2.37. The van der Waals surface area contributed by atoms with Gasteiger partial charge < -0.3 is 0 Å². The van der Waals surface area contributed by atoms with Crippen molar-refractivity contribution >= 4 is 10.2 Å². The normalized spacial score (nSPS) is 11.5. The minimum absolute atomic E-state index is 0.554. The first kappa shape index (κ1) is 12.7. The van der Waals surface area contributed by atoms with Crippen molar-refractivity contribution in [3.8, 4) is 0 Å². The highest BCUT2D eigenvalue weighted by Gasteiger charge is 2.19. The van der Waals surface area contributed by atoms with Crippen LogP contribution >= 0.6 is 0 Å². The summed E-state index contributed by atoms with van der Waals surface area (Å²) in [6, 6.07) is 0. The summed E-state index contributed by atoms with van der Waals surface area (Å²) in [7, 11) is 1.26. The zero-order valence-corrected chi connectivity index (χ0v) is 11.3. The van der Waals surface area contributed by atoms with E-state index in [2.05, 4.69) is 32.2 Å². The summed E-state index contributed by atoms with van der Waals surface area (Å²) < 4.78 is 0. The molecule has 0 saturated heterocycles. The number of allylic oxidation sites excluding steroid dienone is 2. The topological polar surface area (TPSA) is 0 Å². The maximum Gasteiger partial charge on any atom is 0.0114 e. The molecule has 0 aliphatic heterocycles. The lowest BCUT2D eigenvalue weighted by Crippen LogP contribution is -2.11. The minimum Gasteiger partial charge on any atom is -0.103 e. The Balaban J connectivity index is 3.90. The molecule has 0 saturated carbocycles. The van der Waals surface area contributed by atoms with Gasteiger partial charge in [0.15, 0.2) is 0 Å². The van der Waals surface area contributed by atoms with E-state index in [-0.39, 0.29) is 0 Å². The molecule has 0 atom stereocenters. The van der Waals surface area contributed by atoms with Crippen molar-refractivity contribution in [1.29, 1.82) is 0 Å². The molecule has 0 aromatic rings. The summed E-state index contributed by atoms with van der Waals surface area (Å²) in [6.45, 7) is 9.95. The number of hydrogen-bond donors (Lipinski definition) is 0. The first-order chi connectivity index (χ1) is 6.18. The quantitative estimate of drug-likeness (QED) is 0.318. The van der Waals surface area contributed by atoms with E-state index in [1.165, 1.54) is 48.8 Å². The second-order valence-corrected chi connectivity index (χ2v) is 6.37. The molecule has 0 aliphatic rings. The summed E-state index contributed by atoms with van der Waals surface area (Å²) in [6.07, 6.45) is 11.9. The summed E-state index contributed by atoms with van der Waals surface area (Å²) in [5, 5.41) is 0.554. The smallest absolute Gasteiger partial charge is 0.0114 e. The second-order valence-electron chi connectivity index (χ2n) is 4.25. The SMILES string of the molecule is C=CCC([SiH3])(CC=C)CCCCC. The predicted molar refractivity (Wildman–Crippen MR) is 66.4 cm³/mol. The van der Waals surface area contributed by atoms with Gasteiger partial charge in [-0.15, -0.1) is 13.2 Å². The monoisotopic (exact) mass is 196 g/mol. The molecule has 0 aromatic heterocycles. The Kier molecular flexibility index (Phi) is 6.97. The lowest BCUT2D eigenvalue weighted by Gasteiger charge is -2.27. The van der Waals surface area contributed by atoms with Crippen molar-refractivity contribution in [3.63, 3.8) is 0 Å². The molecule has 0 N–H and O–H groups in total. The predicted octanol–water partition coefficient (Wildman–Crippen LogP) is 3.24. The van der Waals surface area contributed by atoms with E-state index >= 15 is 0 Å². The van der Waals surface area contributed by atoms with Gasteiger partial charge in [0.1, 0.15) is 0 Å². The molecule has 0 bridgehead atoms. The van der Waals surface area contributed by atoms with Crippen molar-refractivity contribution in [3.05, 3.63) is 25.3 Å². The van der Waals surface area contributed by atoms with E-state index in [0.29, 0.717) is 5.04 Å². The van der Waals surface area contributed by atoms with Crippen molar-refractivity contribution in [2.75, 3.05) is 0 Å². The van der Waals surface area contributed by atoms with Crippen molar-refractivity contribution in [2.45, 2.75) is 50.5 Å². The molecule has 0 nitrogen and oxygen atoms in total. The summed E-state index contributed by atoms with van der Waals surface area (Å²) >= 11 is 0. The van der Waals surface area contributed by atoms with Crippen LogP contribution in [0.15, 0.2) is 25.3 Å². The van der Waals surface area contributed by atoms with Gasteiger partial charge >= 0.3 is 0 Å². The van der Waals surface area contributed by atoms with Crippen LogP contribution in [-0.4, -0.2) is 10.2 Å². The molecular weight excluding hydrogens is 172 g/mol. The van der Waals surface area contributed by atoms with Crippen LogP contribution in [-0.2, 0) is 0 Å². The third-order valence-electron chi connectivity index (χ3n) is 2.66. The molecule has 0 fully saturated rings. The van der Waals surface area contributed by atoms with Gasteiger partial charge in [-0.1, -0.05) is 44.8 Å². The van der Waals surface area contributed by atoms with Crippen LogP contribution in [0.5, 0.6) is 0 Å². The third kappa shape index (κ3) is 5.86. The van der Waals surface area contributed by atoms with E-state index in [9.17, 15) is 0 Å². The zero-order valence-electron chi connectivity index (χ0n) is 9.31. The van der Waals surface area contributed by atoms with Gasteiger partial charge in [0.2, 0.25) is 0 Å². The first-order valence-corrected chi connectivity index (χ1v) is 6.40. The van der Waals surface area contributed by atoms with Crippen LogP contribution < -0.4 is 0 Å². The molecule has 0 aromatic carbocycles. The Labute approximate surface area is 86.5 Å². The van der Waals surface area contributed by atoms with E-state index in [4.69, 9.17) is 0 Å². The molecule has 76 valence electrons. The molecule has 0 heterocycles. The standard InChI is InChI=1S/C12H24Si/c1-4-7-8-11-12(13,9-5-2)10-6-3/h5-6H,2-4,7-11H2,1,13H3. The maximum atomic E-state index is 3.84. The van der Waals surface area contributed by atoms with Crippen molar-refractivity contribution in [2.24, 2.45) is 0 Å². The summed E-state index contributed by atoms with van der Waals surface area (Å²) in [5.41, 5.74) is 0. The largest absolute Gasteiger partial charge is 0.103 e. The lowest BCUT2D eigenvalue weighted by molar-refractivity contribution is 0.490. The van der Waals surface area contributed by atoms with E-state index in [1.807, 2.05) is 0 Å². The zero-order chi connectivity index (χ0) is 10.2. The van der Waals surface area contributed by atoms with E-state index < -0.39 is 0 Å². The molecule has 0 amide bonds. The Morgan fingerprint density at radius 2 is 1.69 bits per heavy atom. The molecule has 0 unspecified atom stereocenters. The molecule has 1 heteroatoms. The van der Waals surface area contributed by atoms with Crippen molar-refractivity contribution in [1.82, 2.24) is 0 Å². The molecule has 13 heavy (non-hydrogen) atoms. The van der Waals surface area contributed by atoms with Crippen LogP contribution in [0.2, 0.25) is 5.04 Å². The lowest BCUT2D eigenvalue weighted by atomic mass is 9.93. The van der Waals surface area contributed by atoms with Crippen LogP contribution in [0.4, 0.5) is 0 Å². The maximum absolute atomic E-state index is 3.84. The number of hydrogen-bond acceptors (Lipinski definition) is 0. The fourth-order valence-corrected chi connectivity index (χ4v) is 2.72. The molecule has 0 aliphatic carbocycles. The number of unbranched alkanes of at least 4 members (excludes halogenated alkanes) is 2. The Bertz CT molecular complexity index is 139. The highest BCUT2D eigenvalue weighted by atomic mass is 28.1. The van der Waals surface area contributed by atoms with E-state index in [1.54, 1.807) is 0 Å². The van der Waals surface area contributed by atoms with Gasteiger partial charge in [0.25, 0.3) is 0 Å². The molecule has 0 radical (unpaired) electrons. The third-order valence-corrected chi connectivity index (χ3v) is 3.97. The summed E-state index contributed by atoms with van der Waals surface area (Å²) in [4.78, 5) is 0. The Hall–Kier alpha value is -0.303. The number of rotatable bonds is 8. The van der Waals surface area contributed by atoms with Gasteiger partial charge in [-0.25, -0.2) is 0 Å². The van der Waals surface area contributed by atoms with Crippen molar-refractivity contribution < 1.29 is 0 Å². The minimum atomic E-state index is 0.554. The van der Waals surface area contributed by atoms with Crippen LogP contribution in [0.25, 0.3) is 0 Å². The fourth-order valence-electron chi connectivity index (χ4n) is 1.79. The van der Waals surface area contributed by atoms with Gasteiger partial charge in [-0.05, 0) is 17.9 Å². The van der Waals surface area contributed by atoms with E-state index in [0.717, 1.165) is 0 Å². The fraction of sp³-hybridized carbons (Fsp3) is 0.667. The van der Waals surface area contributed by atoms with Crippen LogP contribution in [0, 0.1) is 0 Å². The van der Waals surface area contributed by atoms with Gasteiger partial charge in [-0.3, -0.25) is 0 Å². The van der Waals surface area contributed by atoms with Crippen LogP contribution in [0.3, 0.4) is 0 Å². The second kappa shape index (κ2) is 7.13. The Morgan fingerprint density at radius 3 is 2.08 bits per heavy atom. The molecular formula is C12H24Si.